The Morgan fingerprint density at radius 1 is 1.23 bits per heavy atom. The number of nitrogens with zero attached hydrogens (tertiary/aromatic N) is 1. The lowest BCUT2D eigenvalue weighted by molar-refractivity contribution is -0.134. The van der Waals surface area contributed by atoms with E-state index in [2.05, 4.69) is 10.3 Å². The summed E-state index contributed by atoms with van der Waals surface area (Å²) in [7, 11) is 0. The van der Waals surface area contributed by atoms with Crippen LogP contribution in [0.3, 0.4) is 0 Å². The largest absolute Gasteiger partial charge is 0.337 e. The van der Waals surface area contributed by atoms with Crippen LogP contribution < -0.4 is 10.9 Å². The first-order valence-corrected chi connectivity index (χ1v) is 7.89. The molecule has 0 bridgehead atoms. The molecule has 4 rings (SSSR count). The minimum Gasteiger partial charge on any atom is -0.337 e. The van der Waals surface area contributed by atoms with E-state index in [1.54, 1.807) is 0 Å². The van der Waals surface area contributed by atoms with Crippen molar-refractivity contribution >= 4 is 16.7 Å². The number of hydrogen-bond acceptors (Lipinski definition) is 3. The summed E-state index contributed by atoms with van der Waals surface area (Å²) in [5.41, 5.74) is 2.03. The second-order valence-corrected chi connectivity index (χ2v) is 6.12. The van der Waals surface area contributed by atoms with Crippen molar-refractivity contribution in [2.24, 2.45) is 0 Å². The van der Waals surface area contributed by atoms with Gasteiger partial charge in [-0.15, -0.1) is 0 Å². The lowest BCUT2D eigenvalue weighted by Gasteiger charge is -2.31. The van der Waals surface area contributed by atoms with Crippen LogP contribution in [0.2, 0.25) is 0 Å². The second kappa shape index (κ2) is 5.25. The van der Waals surface area contributed by atoms with Gasteiger partial charge in [0.2, 0.25) is 5.91 Å². The summed E-state index contributed by atoms with van der Waals surface area (Å²) in [6.07, 6.45) is 2.71. The maximum absolute atomic E-state index is 12.6. The number of aromatic nitrogens is 1. The van der Waals surface area contributed by atoms with Crippen molar-refractivity contribution in [3.63, 3.8) is 0 Å². The first-order valence-electron chi connectivity index (χ1n) is 7.89. The van der Waals surface area contributed by atoms with E-state index in [9.17, 15) is 9.59 Å². The van der Waals surface area contributed by atoms with E-state index in [0.29, 0.717) is 24.9 Å². The molecule has 0 unspecified atom stereocenters. The minimum absolute atomic E-state index is 0.0319. The molecule has 1 amide bonds. The Hall–Kier alpha value is -2.14. The van der Waals surface area contributed by atoms with Crippen LogP contribution in [-0.2, 0) is 17.8 Å². The number of amides is 1. The fraction of sp³-hybridized carbons (Fsp3) is 0.412. The van der Waals surface area contributed by atoms with Crippen molar-refractivity contribution in [1.82, 2.24) is 15.2 Å². The fourth-order valence-corrected chi connectivity index (χ4v) is 3.60. The summed E-state index contributed by atoms with van der Waals surface area (Å²) in [6, 6.07) is 7.61. The summed E-state index contributed by atoms with van der Waals surface area (Å²) in [4.78, 5) is 29.7. The minimum atomic E-state index is -0.0356. The number of H-pyrrole nitrogens is 1. The molecule has 2 N–H and O–H groups in total. The summed E-state index contributed by atoms with van der Waals surface area (Å²) in [5, 5.41) is 4.95. The van der Waals surface area contributed by atoms with Crippen molar-refractivity contribution in [2.75, 3.05) is 13.1 Å². The van der Waals surface area contributed by atoms with Crippen LogP contribution in [0.1, 0.15) is 24.1 Å². The van der Waals surface area contributed by atoms with Gasteiger partial charge >= 0.3 is 0 Å². The lowest BCUT2D eigenvalue weighted by atomic mass is 9.98. The molecule has 0 radical (unpaired) electrons. The third-order valence-electron chi connectivity index (χ3n) is 4.78. The molecule has 0 aliphatic carbocycles. The van der Waals surface area contributed by atoms with Crippen LogP contribution in [0.15, 0.2) is 29.1 Å². The number of pyridine rings is 1. The molecule has 0 spiro atoms. The van der Waals surface area contributed by atoms with Crippen molar-refractivity contribution in [1.29, 1.82) is 0 Å². The molecule has 2 aromatic rings. The molecule has 0 saturated carbocycles. The van der Waals surface area contributed by atoms with Gasteiger partial charge < -0.3 is 15.2 Å². The topological polar surface area (TPSA) is 65.2 Å². The number of carbonyl (C=O) groups excluding carboxylic acids is 1. The van der Waals surface area contributed by atoms with Crippen LogP contribution in [0, 0.1) is 0 Å². The smallest absolute Gasteiger partial charge is 0.256 e. The monoisotopic (exact) mass is 297 g/mol. The van der Waals surface area contributed by atoms with Gasteiger partial charge in [0.05, 0.1) is 6.04 Å². The molecule has 1 aromatic heterocycles. The number of aromatic amines is 1. The van der Waals surface area contributed by atoms with Crippen LogP contribution in [0.4, 0.5) is 0 Å². The van der Waals surface area contributed by atoms with Crippen molar-refractivity contribution in [2.45, 2.75) is 31.8 Å². The van der Waals surface area contributed by atoms with Gasteiger partial charge in [-0.1, -0.05) is 18.2 Å². The molecule has 5 heteroatoms. The van der Waals surface area contributed by atoms with Gasteiger partial charge in [-0.2, -0.15) is 0 Å². The van der Waals surface area contributed by atoms with E-state index in [0.717, 1.165) is 36.0 Å². The summed E-state index contributed by atoms with van der Waals surface area (Å²) < 4.78 is 0. The Morgan fingerprint density at radius 3 is 2.82 bits per heavy atom. The first-order chi connectivity index (χ1) is 10.7. The van der Waals surface area contributed by atoms with Crippen LogP contribution in [0.5, 0.6) is 0 Å². The van der Waals surface area contributed by atoms with Gasteiger partial charge in [-0.25, -0.2) is 0 Å². The standard InChI is InChI=1S/C17H19N3O2/c21-16-12-5-2-1-4-11(12)13-10-20(9-7-14(13)19-16)17(22)15-6-3-8-18-15/h1-2,4-5,15,18H,3,6-10H2,(H,19,21)/t15-/m1/s1. The Bertz CT molecular complexity index is 790. The Morgan fingerprint density at radius 2 is 2.05 bits per heavy atom. The molecule has 114 valence electrons. The average molecular weight is 297 g/mol. The highest BCUT2D eigenvalue weighted by Gasteiger charge is 2.30. The van der Waals surface area contributed by atoms with Gasteiger partial charge in [0.1, 0.15) is 0 Å². The van der Waals surface area contributed by atoms with Gasteiger partial charge in [0, 0.05) is 30.6 Å². The molecule has 22 heavy (non-hydrogen) atoms. The summed E-state index contributed by atoms with van der Waals surface area (Å²) in [5.74, 6) is 0.193. The predicted octanol–water partition coefficient (Wildman–Crippen LogP) is 1.16. The highest BCUT2D eigenvalue weighted by Crippen LogP contribution is 2.25. The van der Waals surface area contributed by atoms with Crippen LogP contribution in [0.25, 0.3) is 10.8 Å². The van der Waals surface area contributed by atoms with Crippen molar-refractivity contribution in [3.05, 3.63) is 45.9 Å². The number of carbonyl (C=O) groups is 1. The number of fused-ring (bicyclic) bond motifs is 3. The predicted molar refractivity (Wildman–Crippen MR) is 84.7 cm³/mol. The van der Waals surface area contributed by atoms with Gasteiger partial charge in [-0.05, 0) is 36.4 Å². The third kappa shape index (κ3) is 2.13. The zero-order chi connectivity index (χ0) is 15.1. The second-order valence-electron chi connectivity index (χ2n) is 6.12. The normalized spacial score (nSPS) is 21.1. The van der Waals surface area contributed by atoms with Gasteiger partial charge in [-0.3, -0.25) is 9.59 Å². The Kier molecular flexibility index (Phi) is 3.22. The van der Waals surface area contributed by atoms with Gasteiger partial charge in [0.15, 0.2) is 0 Å². The number of rotatable bonds is 1. The van der Waals surface area contributed by atoms with E-state index in [-0.39, 0.29) is 17.5 Å². The number of nitrogens with one attached hydrogen (secondary N) is 2. The quantitative estimate of drug-likeness (QED) is 0.830. The molecule has 2 aliphatic rings. The fourth-order valence-electron chi connectivity index (χ4n) is 3.60. The molecule has 1 saturated heterocycles. The molecule has 1 atom stereocenters. The van der Waals surface area contributed by atoms with E-state index < -0.39 is 0 Å². The first kappa shape index (κ1) is 13.5. The molecule has 3 heterocycles. The van der Waals surface area contributed by atoms with E-state index in [4.69, 9.17) is 0 Å². The van der Waals surface area contributed by atoms with Crippen molar-refractivity contribution in [3.8, 4) is 0 Å². The zero-order valence-electron chi connectivity index (χ0n) is 12.4. The maximum atomic E-state index is 12.6. The van der Waals surface area contributed by atoms with Gasteiger partial charge in [0.25, 0.3) is 5.56 Å². The summed E-state index contributed by atoms with van der Waals surface area (Å²) in [6.45, 7) is 2.19. The molecule has 2 aliphatic heterocycles. The molecule has 1 fully saturated rings. The maximum Gasteiger partial charge on any atom is 0.256 e. The van der Waals surface area contributed by atoms with E-state index in [1.807, 2.05) is 29.2 Å². The third-order valence-corrected chi connectivity index (χ3v) is 4.78. The Balaban J connectivity index is 1.72. The highest BCUT2D eigenvalue weighted by atomic mass is 16.2. The molecular weight excluding hydrogens is 278 g/mol. The van der Waals surface area contributed by atoms with Crippen molar-refractivity contribution < 1.29 is 4.79 Å². The average Bonchev–Trinajstić information content (AvgIpc) is 3.09. The van der Waals surface area contributed by atoms with Crippen LogP contribution in [-0.4, -0.2) is 34.9 Å². The molecule has 5 nitrogen and oxygen atoms in total. The highest BCUT2D eigenvalue weighted by molar-refractivity contribution is 5.87. The van der Waals surface area contributed by atoms with E-state index in [1.165, 1.54) is 0 Å². The van der Waals surface area contributed by atoms with E-state index >= 15 is 0 Å². The number of hydrogen-bond donors (Lipinski definition) is 2. The molecule has 1 aromatic carbocycles. The van der Waals surface area contributed by atoms with Crippen LogP contribution >= 0.6 is 0 Å². The zero-order valence-corrected chi connectivity index (χ0v) is 12.4. The lowest BCUT2D eigenvalue weighted by Crippen LogP contribution is -2.46. The Labute approximate surface area is 128 Å². The molecular formula is C17H19N3O2. The summed E-state index contributed by atoms with van der Waals surface area (Å²) >= 11 is 0. The number of benzene rings is 1. The SMILES string of the molecule is O=C([C@H]1CCCN1)N1CCc2[nH]c(=O)c3ccccc3c2C1.